The van der Waals surface area contributed by atoms with E-state index in [9.17, 15) is 9.59 Å². The zero-order valence-corrected chi connectivity index (χ0v) is 16.1. The maximum Gasteiger partial charge on any atom is 0.404 e. The lowest BCUT2D eigenvalue weighted by Gasteiger charge is -2.36. The van der Waals surface area contributed by atoms with Crippen molar-refractivity contribution in [2.24, 2.45) is 5.73 Å². The van der Waals surface area contributed by atoms with Crippen molar-refractivity contribution in [3.05, 3.63) is 52.6 Å². The van der Waals surface area contributed by atoms with E-state index in [1.54, 1.807) is 12.3 Å². The van der Waals surface area contributed by atoms with Crippen molar-refractivity contribution >= 4 is 11.9 Å². The van der Waals surface area contributed by atoms with Crippen molar-refractivity contribution in [3.8, 4) is 5.69 Å². The van der Waals surface area contributed by atoms with E-state index in [1.807, 2.05) is 24.3 Å². The summed E-state index contributed by atoms with van der Waals surface area (Å²) in [5.74, 6) is 0.215. The number of nitrogens with zero attached hydrogens (tertiary/aromatic N) is 3. The molecule has 4 N–H and O–H groups in total. The first-order valence-electron chi connectivity index (χ1n) is 9.61. The Labute approximate surface area is 164 Å². The third-order valence-corrected chi connectivity index (χ3v) is 5.27. The molecule has 8 nitrogen and oxygen atoms in total. The average Bonchev–Trinajstić information content (AvgIpc) is 2.67. The summed E-state index contributed by atoms with van der Waals surface area (Å²) in [6, 6.07) is 9.96. The highest BCUT2D eigenvalue weighted by atomic mass is 16.6. The molecule has 1 saturated carbocycles. The van der Waals surface area contributed by atoms with Gasteiger partial charge in [0.15, 0.2) is 0 Å². The van der Waals surface area contributed by atoms with Gasteiger partial charge in [-0.15, -0.1) is 0 Å². The summed E-state index contributed by atoms with van der Waals surface area (Å²) in [7, 11) is 0. The predicted molar refractivity (Wildman–Crippen MR) is 107 cm³/mol. The standard InChI is InChI=1S/C20H27N5O3/c1-2-24(15-7-9-17(10-8-15)28-19(22)26)13-14-3-5-16(6-4-14)25-12-11-18(21)23-20(25)27/h3-6,11-12,15,17H,2,7-10,13H2,1H3,(H2,22,26)(H2,21,23,27). The van der Waals surface area contributed by atoms with Crippen LogP contribution in [0, 0.1) is 0 Å². The minimum Gasteiger partial charge on any atom is -0.446 e. The zero-order chi connectivity index (χ0) is 20.1. The van der Waals surface area contributed by atoms with E-state index < -0.39 is 11.8 Å². The number of hydrogen-bond acceptors (Lipinski definition) is 6. The van der Waals surface area contributed by atoms with Crippen LogP contribution in [0.25, 0.3) is 5.69 Å². The molecule has 1 aromatic heterocycles. The second-order valence-corrected chi connectivity index (χ2v) is 7.10. The number of aromatic nitrogens is 2. The SMILES string of the molecule is CCN(Cc1ccc(-n2ccc(N)nc2=O)cc1)C1CCC(OC(N)=O)CC1. The first-order valence-corrected chi connectivity index (χ1v) is 9.61. The molecule has 0 bridgehead atoms. The summed E-state index contributed by atoms with van der Waals surface area (Å²) in [6.07, 6.45) is 4.54. The Balaban J connectivity index is 1.62. The fraction of sp³-hybridized carbons (Fsp3) is 0.450. The fourth-order valence-electron chi connectivity index (χ4n) is 3.80. The highest BCUT2D eigenvalue weighted by Crippen LogP contribution is 2.26. The van der Waals surface area contributed by atoms with E-state index in [0.29, 0.717) is 6.04 Å². The van der Waals surface area contributed by atoms with Gasteiger partial charge in [-0.1, -0.05) is 19.1 Å². The van der Waals surface area contributed by atoms with Crippen LogP contribution in [0.15, 0.2) is 41.3 Å². The number of carbonyl (C=O) groups excluding carboxylic acids is 1. The molecule has 0 radical (unpaired) electrons. The van der Waals surface area contributed by atoms with Crippen molar-refractivity contribution < 1.29 is 9.53 Å². The van der Waals surface area contributed by atoms with Gasteiger partial charge in [0.1, 0.15) is 11.9 Å². The molecule has 2 aromatic rings. The van der Waals surface area contributed by atoms with Crippen LogP contribution in [0.3, 0.4) is 0 Å². The second-order valence-electron chi connectivity index (χ2n) is 7.10. The van der Waals surface area contributed by atoms with Gasteiger partial charge >= 0.3 is 11.8 Å². The predicted octanol–water partition coefficient (Wildman–Crippen LogP) is 2.04. The molecule has 0 unspecified atom stereocenters. The van der Waals surface area contributed by atoms with Gasteiger partial charge in [0.2, 0.25) is 0 Å². The lowest BCUT2D eigenvalue weighted by atomic mass is 9.91. The number of primary amides is 1. The smallest absolute Gasteiger partial charge is 0.404 e. The normalized spacial score (nSPS) is 19.5. The fourth-order valence-corrected chi connectivity index (χ4v) is 3.80. The minimum absolute atomic E-state index is 0.0569. The van der Waals surface area contributed by atoms with E-state index in [1.165, 1.54) is 10.1 Å². The van der Waals surface area contributed by atoms with E-state index in [-0.39, 0.29) is 11.9 Å². The number of ether oxygens (including phenoxy) is 1. The third-order valence-electron chi connectivity index (χ3n) is 5.27. The highest BCUT2D eigenvalue weighted by molar-refractivity contribution is 5.64. The van der Waals surface area contributed by atoms with E-state index in [0.717, 1.165) is 44.5 Å². The summed E-state index contributed by atoms with van der Waals surface area (Å²) >= 11 is 0. The Hall–Kier alpha value is -2.87. The molecule has 0 atom stereocenters. The molecular formula is C20H27N5O3. The summed E-state index contributed by atoms with van der Waals surface area (Å²) in [4.78, 5) is 29.1. The maximum atomic E-state index is 12.0. The minimum atomic E-state index is -0.689. The van der Waals surface area contributed by atoms with E-state index in [2.05, 4.69) is 16.8 Å². The van der Waals surface area contributed by atoms with Gasteiger partial charge in [0.25, 0.3) is 0 Å². The summed E-state index contributed by atoms with van der Waals surface area (Å²) in [6.45, 7) is 3.92. The monoisotopic (exact) mass is 385 g/mol. The zero-order valence-electron chi connectivity index (χ0n) is 16.1. The molecule has 28 heavy (non-hydrogen) atoms. The van der Waals surface area contributed by atoms with Crippen LogP contribution in [0.4, 0.5) is 10.6 Å². The molecule has 3 rings (SSSR count). The summed E-state index contributed by atoms with van der Waals surface area (Å²) < 4.78 is 6.59. The van der Waals surface area contributed by atoms with Gasteiger partial charge in [-0.05, 0) is 56.0 Å². The number of benzene rings is 1. The lowest BCUT2D eigenvalue weighted by molar-refractivity contribution is 0.0518. The van der Waals surface area contributed by atoms with Gasteiger partial charge in [-0.2, -0.15) is 4.98 Å². The Bertz CT molecular complexity index is 857. The quantitative estimate of drug-likeness (QED) is 0.786. The molecular weight excluding hydrogens is 358 g/mol. The second kappa shape index (κ2) is 8.88. The molecule has 1 aliphatic rings. The maximum absolute atomic E-state index is 12.0. The van der Waals surface area contributed by atoms with Crippen LogP contribution in [-0.4, -0.2) is 39.2 Å². The number of anilines is 1. The molecule has 1 heterocycles. The summed E-state index contributed by atoms with van der Waals surface area (Å²) in [5.41, 5.74) is 12.2. The number of nitrogens with two attached hydrogens (primary N) is 2. The highest BCUT2D eigenvalue weighted by Gasteiger charge is 2.26. The van der Waals surface area contributed by atoms with Crippen molar-refractivity contribution in [2.45, 2.75) is 51.3 Å². The molecule has 1 amide bonds. The molecule has 1 fully saturated rings. The van der Waals surface area contributed by atoms with Crippen molar-refractivity contribution in [1.82, 2.24) is 14.5 Å². The molecule has 1 aliphatic carbocycles. The Morgan fingerprint density at radius 2 is 1.89 bits per heavy atom. The first-order chi connectivity index (χ1) is 13.5. The Kier molecular flexibility index (Phi) is 6.30. The largest absolute Gasteiger partial charge is 0.446 e. The van der Waals surface area contributed by atoms with Crippen LogP contribution >= 0.6 is 0 Å². The van der Waals surface area contributed by atoms with Crippen LogP contribution in [0.2, 0.25) is 0 Å². The molecule has 1 aromatic carbocycles. The number of nitrogen functional groups attached to an aromatic ring is 1. The number of carbonyl (C=O) groups is 1. The molecule has 0 spiro atoms. The molecule has 0 saturated heterocycles. The Morgan fingerprint density at radius 3 is 2.46 bits per heavy atom. The lowest BCUT2D eigenvalue weighted by Crippen LogP contribution is -2.39. The molecule has 150 valence electrons. The van der Waals surface area contributed by atoms with E-state index in [4.69, 9.17) is 16.2 Å². The van der Waals surface area contributed by atoms with Gasteiger partial charge in [-0.25, -0.2) is 9.59 Å². The van der Waals surface area contributed by atoms with Gasteiger partial charge < -0.3 is 16.2 Å². The van der Waals surface area contributed by atoms with Gasteiger partial charge in [-0.3, -0.25) is 9.47 Å². The van der Waals surface area contributed by atoms with Gasteiger partial charge in [0, 0.05) is 18.8 Å². The molecule has 0 aliphatic heterocycles. The number of hydrogen-bond donors (Lipinski definition) is 2. The van der Waals surface area contributed by atoms with Crippen molar-refractivity contribution in [2.75, 3.05) is 12.3 Å². The van der Waals surface area contributed by atoms with Crippen LogP contribution in [-0.2, 0) is 11.3 Å². The Morgan fingerprint density at radius 1 is 1.21 bits per heavy atom. The number of amides is 1. The topological polar surface area (TPSA) is 116 Å². The van der Waals surface area contributed by atoms with E-state index >= 15 is 0 Å². The van der Waals surface area contributed by atoms with Crippen molar-refractivity contribution in [1.29, 1.82) is 0 Å². The van der Waals surface area contributed by atoms with Crippen molar-refractivity contribution in [3.63, 3.8) is 0 Å². The van der Waals surface area contributed by atoms with Crippen LogP contribution in [0.1, 0.15) is 38.2 Å². The van der Waals surface area contributed by atoms with Crippen LogP contribution in [0.5, 0.6) is 0 Å². The summed E-state index contributed by atoms with van der Waals surface area (Å²) in [5, 5.41) is 0. The van der Waals surface area contributed by atoms with Crippen LogP contribution < -0.4 is 17.2 Å². The third kappa shape index (κ3) is 4.89. The average molecular weight is 385 g/mol. The first kappa shape index (κ1) is 19.9. The number of rotatable bonds is 6. The van der Waals surface area contributed by atoms with Gasteiger partial charge in [0.05, 0.1) is 5.69 Å². The molecule has 8 heteroatoms.